The highest BCUT2D eigenvalue weighted by Crippen LogP contribution is 2.38. The van der Waals surface area contributed by atoms with Gasteiger partial charge in [0.25, 0.3) is 10.1 Å². The molecule has 11 heteroatoms. The number of rotatable bonds is 5. The standard InChI is InChI=1S/C28H22ClN3O4S3/c1-15-2-12-22-24(25(15)39(34,35)36)38-28(32-22)18-7-13-21-23(14-18)37-27(31-21)17-5-10-20(11-6-17)30-26(33)16-3-8-19(29)9-4-16/h2,5-8,10-14,16H,3-4,9H2,1H3,(H,30,33)(H,34,35,36). The molecule has 6 rings (SSSR count). The molecule has 0 fully saturated rings. The Kier molecular flexibility index (Phi) is 6.76. The number of fused-ring (bicyclic) bond motifs is 2. The molecule has 5 aromatic rings. The summed E-state index contributed by atoms with van der Waals surface area (Å²) in [7, 11) is -4.38. The van der Waals surface area contributed by atoms with Gasteiger partial charge in [0.2, 0.25) is 5.91 Å². The quantitative estimate of drug-likeness (QED) is 0.202. The van der Waals surface area contributed by atoms with E-state index in [4.69, 9.17) is 16.6 Å². The van der Waals surface area contributed by atoms with Crippen molar-refractivity contribution in [2.24, 2.45) is 5.92 Å². The van der Waals surface area contributed by atoms with Gasteiger partial charge in [0, 0.05) is 27.8 Å². The molecule has 0 saturated heterocycles. The van der Waals surface area contributed by atoms with Crippen molar-refractivity contribution >= 4 is 76.4 Å². The van der Waals surface area contributed by atoms with Gasteiger partial charge in [-0.1, -0.05) is 23.7 Å². The van der Waals surface area contributed by atoms with Crippen molar-refractivity contribution in [1.29, 1.82) is 0 Å². The van der Waals surface area contributed by atoms with E-state index in [1.807, 2.05) is 48.5 Å². The first-order valence-corrected chi connectivity index (χ1v) is 15.7. The molecule has 1 atom stereocenters. The first-order valence-electron chi connectivity index (χ1n) is 12.2. The van der Waals surface area contributed by atoms with Gasteiger partial charge in [-0.15, -0.1) is 22.7 Å². The van der Waals surface area contributed by atoms with E-state index in [9.17, 15) is 17.8 Å². The van der Waals surface area contributed by atoms with Crippen LogP contribution in [0, 0.1) is 12.8 Å². The fourth-order valence-electron chi connectivity index (χ4n) is 4.67. The molecule has 198 valence electrons. The lowest BCUT2D eigenvalue weighted by molar-refractivity contribution is -0.120. The number of thiazole rings is 2. The van der Waals surface area contributed by atoms with Crippen LogP contribution >= 0.6 is 34.3 Å². The van der Waals surface area contributed by atoms with Gasteiger partial charge in [-0.05, 0) is 80.3 Å². The Labute approximate surface area is 237 Å². The molecular weight excluding hydrogens is 574 g/mol. The van der Waals surface area contributed by atoms with Gasteiger partial charge in [-0.2, -0.15) is 8.42 Å². The fourth-order valence-corrected chi connectivity index (χ4v) is 8.19. The molecule has 3 aromatic carbocycles. The lowest BCUT2D eigenvalue weighted by atomic mass is 9.93. The zero-order valence-electron chi connectivity index (χ0n) is 20.6. The maximum absolute atomic E-state index is 12.6. The van der Waals surface area contributed by atoms with Gasteiger partial charge < -0.3 is 5.32 Å². The van der Waals surface area contributed by atoms with Gasteiger partial charge in [0.1, 0.15) is 14.9 Å². The van der Waals surface area contributed by atoms with Crippen molar-refractivity contribution in [2.75, 3.05) is 5.32 Å². The van der Waals surface area contributed by atoms with Crippen LogP contribution < -0.4 is 5.32 Å². The third kappa shape index (κ3) is 5.22. The number of aryl methyl sites for hydroxylation is 1. The van der Waals surface area contributed by atoms with Crippen LogP contribution in [-0.2, 0) is 14.9 Å². The van der Waals surface area contributed by atoms with Gasteiger partial charge in [-0.25, -0.2) is 9.97 Å². The third-order valence-electron chi connectivity index (χ3n) is 6.73. The summed E-state index contributed by atoms with van der Waals surface area (Å²) in [4.78, 5) is 21.9. The Morgan fingerprint density at radius 3 is 2.41 bits per heavy atom. The predicted molar refractivity (Wildman–Crippen MR) is 158 cm³/mol. The molecule has 0 aliphatic heterocycles. The fraction of sp³-hybridized carbons (Fsp3) is 0.179. The van der Waals surface area contributed by atoms with E-state index in [0.29, 0.717) is 27.2 Å². The summed E-state index contributed by atoms with van der Waals surface area (Å²) < 4.78 is 35.1. The number of allylic oxidation sites excluding steroid dienone is 2. The first-order chi connectivity index (χ1) is 18.7. The summed E-state index contributed by atoms with van der Waals surface area (Å²) in [5, 5.41) is 5.33. The van der Waals surface area contributed by atoms with Crippen LogP contribution in [0.2, 0.25) is 0 Å². The number of carbonyl (C=O) groups excluding carboxylic acids is 1. The van der Waals surface area contributed by atoms with Crippen LogP contribution in [0.5, 0.6) is 0 Å². The Hall–Kier alpha value is -3.15. The number of nitrogens with one attached hydrogen (secondary N) is 1. The average molecular weight is 596 g/mol. The van der Waals surface area contributed by atoms with Crippen molar-refractivity contribution < 1.29 is 17.8 Å². The summed E-state index contributed by atoms with van der Waals surface area (Å²) in [5.41, 5.74) is 4.36. The molecule has 1 aliphatic carbocycles. The second-order valence-electron chi connectivity index (χ2n) is 9.44. The highest BCUT2D eigenvalue weighted by molar-refractivity contribution is 7.86. The van der Waals surface area contributed by atoms with Crippen molar-refractivity contribution in [3.05, 3.63) is 71.3 Å². The predicted octanol–water partition coefficient (Wildman–Crippen LogP) is 7.66. The third-order valence-corrected chi connectivity index (χ3v) is 10.4. The number of benzene rings is 3. The molecular formula is C28H22ClN3O4S3. The van der Waals surface area contributed by atoms with E-state index in [-0.39, 0.29) is 16.7 Å². The summed E-state index contributed by atoms with van der Waals surface area (Å²) in [6, 6.07) is 16.9. The molecule has 7 nitrogen and oxygen atoms in total. The zero-order chi connectivity index (χ0) is 27.3. The molecule has 2 aromatic heterocycles. The Morgan fingerprint density at radius 1 is 1.00 bits per heavy atom. The van der Waals surface area contributed by atoms with Crippen molar-refractivity contribution in [1.82, 2.24) is 9.97 Å². The Balaban J connectivity index is 1.25. The van der Waals surface area contributed by atoms with E-state index in [0.717, 1.165) is 49.9 Å². The largest absolute Gasteiger partial charge is 0.326 e. The second-order valence-corrected chi connectivity index (χ2v) is 13.3. The van der Waals surface area contributed by atoms with Gasteiger partial charge >= 0.3 is 0 Å². The van der Waals surface area contributed by atoms with E-state index in [1.54, 1.807) is 30.4 Å². The minimum absolute atomic E-state index is 0.00407. The number of amides is 1. The summed E-state index contributed by atoms with van der Waals surface area (Å²) in [6.07, 6.45) is 4.08. The van der Waals surface area contributed by atoms with Crippen LogP contribution in [0.1, 0.15) is 24.8 Å². The molecule has 0 spiro atoms. The summed E-state index contributed by atoms with van der Waals surface area (Å²) in [6.45, 7) is 1.65. The van der Waals surface area contributed by atoms with Crippen LogP contribution in [-0.4, -0.2) is 28.8 Å². The van der Waals surface area contributed by atoms with Crippen LogP contribution in [0.15, 0.2) is 70.6 Å². The van der Waals surface area contributed by atoms with Crippen LogP contribution in [0.4, 0.5) is 5.69 Å². The van der Waals surface area contributed by atoms with Crippen LogP contribution in [0.25, 0.3) is 41.6 Å². The summed E-state index contributed by atoms with van der Waals surface area (Å²) in [5.74, 6) is -0.0610. The monoisotopic (exact) mass is 595 g/mol. The molecule has 0 radical (unpaired) electrons. The van der Waals surface area contributed by atoms with Crippen molar-refractivity contribution in [2.45, 2.75) is 31.1 Å². The molecule has 2 N–H and O–H groups in total. The topological polar surface area (TPSA) is 109 Å². The maximum atomic E-state index is 12.6. The van der Waals surface area contributed by atoms with Crippen molar-refractivity contribution in [3.8, 4) is 21.1 Å². The first kappa shape index (κ1) is 26.1. The molecule has 0 bridgehead atoms. The molecule has 2 heterocycles. The SMILES string of the molecule is Cc1ccc2nc(-c3ccc4nc(-c5ccc(NC(=O)C6CC=C(Cl)CC6)cc5)sc4c3)sc2c1S(=O)(=O)O. The highest BCUT2D eigenvalue weighted by Gasteiger charge is 2.22. The number of aromatic nitrogens is 2. The number of hydrogen-bond acceptors (Lipinski definition) is 7. The van der Waals surface area contributed by atoms with E-state index < -0.39 is 10.1 Å². The molecule has 39 heavy (non-hydrogen) atoms. The van der Waals surface area contributed by atoms with Gasteiger partial charge in [-0.3, -0.25) is 9.35 Å². The molecule has 0 saturated carbocycles. The van der Waals surface area contributed by atoms with Crippen molar-refractivity contribution in [3.63, 3.8) is 0 Å². The molecule has 1 aliphatic rings. The average Bonchev–Trinajstić information content (AvgIpc) is 3.52. The zero-order valence-corrected chi connectivity index (χ0v) is 23.8. The number of anilines is 1. The van der Waals surface area contributed by atoms with Crippen LogP contribution in [0.3, 0.4) is 0 Å². The maximum Gasteiger partial charge on any atom is 0.296 e. The minimum atomic E-state index is -4.38. The lowest BCUT2D eigenvalue weighted by Crippen LogP contribution is -2.23. The summed E-state index contributed by atoms with van der Waals surface area (Å²) >= 11 is 8.81. The minimum Gasteiger partial charge on any atom is -0.326 e. The molecule has 1 amide bonds. The highest BCUT2D eigenvalue weighted by atomic mass is 35.5. The van der Waals surface area contributed by atoms with Gasteiger partial charge in [0.15, 0.2) is 0 Å². The number of nitrogens with zero attached hydrogens (tertiary/aromatic N) is 2. The normalized spacial score (nSPS) is 16.0. The Bertz CT molecular complexity index is 1890. The number of hydrogen-bond donors (Lipinski definition) is 2. The second kappa shape index (κ2) is 10.1. The Morgan fingerprint density at radius 2 is 1.69 bits per heavy atom. The van der Waals surface area contributed by atoms with E-state index in [1.165, 1.54) is 11.3 Å². The van der Waals surface area contributed by atoms with E-state index >= 15 is 0 Å². The number of halogens is 1. The lowest BCUT2D eigenvalue weighted by Gasteiger charge is -2.18. The van der Waals surface area contributed by atoms with E-state index in [2.05, 4.69) is 10.3 Å². The van der Waals surface area contributed by atoms with Gasteiger partial charge in [0.05, 0.1) is 20.4 Å². The smallest absolute Gasteiger partial charge is 0.296 e. The molecule has 1 unspecified atom stereocenters. The number of carbonyl (C=O) groups is 1.